The zero-order valence-corrected chi connectivity index (χ0v) is 15.3. The second-order valence-electron chi connectivity index (χ2n) is 6.33. The molecule has 134 valence electrons. The molecule has 0 bridgehead atoms. The lowest BCUT2D eigenvalue weighted by molar-refractivity contribution is 0.0954. The molecule has 3 aromatic rings. The quantitative estimate of drug-likeness (QED) is 0.724. The number of carbonyl (C=O) groups excluding carboxylic acids is 1. The van der Waals surface area contributed by atoms with Gasteiger partial charge in [-0.25, -0.2) is 9.97 Å². The molecule has 1 aliphatic heterocycles. The summed E-state index contributed by atoms with van der Waals surface area (Å²) < 4.78 is 5.42. The van der Waals surface area contributed by atoms with Crippen LogP contribution in [-0.4, -0.2) is 35.1 Å². The number of benzene rings is 1. The highest BCUT2D eigenvalue weighted by atomic mass is 32.1. The Morgan fingerprint density at radius 3 is 2.92 bits per heavy atom. The number of aromatic nitrogens is 2. The van der Waals surface area contributed by atoms with Crippen molar-refractivity contribution in [2.45, 2.75) is 25.9 Å². The van der Waals surface area contributed by atoms with Gasteiger partial charge in [0.25, 0.3) is 5.91 Å². The predicted molar refractivity (Wildman–Crippen MR) is 103 cm³/mol. The van der Waals surface area contributed by atoms with Crippen LogP contribution in [0.3, 0.4) is 0 Å². The van der Waals surface area contributed by atoms with Crippen LogP contribution >= 0.6 is 11.3 Å². The lowest BCUT2D eigenvalue weighted by Gasteiger charge is -2.12. The smallest absolute Gasteiger partial charge is 0.261 e. The first kappa shape index (κ1) is 16.9. The van der Waals surface area contributed by atoms with Crippen LogP contribution in [0.2, 0.25) is 0 Å². The molecule has 0 spiro atoms. The molecule has 0 radical (unpaired) electrons. The van der Waals surface area contributed by atoms with Gasteiger partial charge in [-0.05, 0) is 24.5 Å². The summed E-state index contributed by atoms with van der Waals surface area (Å²) in [6, 6.07) is 10.1. The van der Waals surface area contributed by atoms with Crippen LogP contribution in [0.5, 0.6) is 0 Å². The Labute approximate surface area is 155 Å². The molecule has 4 rings (SSSR count). The van der Waals surface area contributed by atoms with Crippen molar-refractivity contribution in [1.82, 2.24) is 15.3 Å². The van der Waals surface area contributed by atoms with Gasteiger partial charge < -0.3 is 15.4 Å². The average Bonchev–Trinajstić information content (AvgIpc) is 3.29. The summed E-state index contributed by atoms with van der Waals surface area (Å²) in [5.41, 5.74) is 1.99. The first-order valence-corrected chi connectivity index (χ1v) is 9.44. The standard InChI is InChI=1S/C19H20N4O2S/c1-12-15-17(23-14-7-8-25-10-14)21-11-22-19(15)26-16(12)18(24)20-9-13-5-3-2-4-6-13/h2-6,11,14H,7-10H2,1H3,(H,20,24)(H,21,22,23). The molecule has 1 amide bonds. The first-order valence-electron chi connectivity index (χ1n) is 8.63. The van der Waals surface area contributed by atoms with Crippen LogP contribution in [0.1, 0.15) is 27.2 Å². The second kappa shape index (κ2) is 7.39. The van der Waals surface area contributed by atoms with Crippen LogP contribution in [0.15, 0.2) is 36.7 Å². The molecule has 2 aromatic heterocycles. The van der Waals surface area contributed by atoms with E-state index in [2.05, 4.69) is 20.6 Å². The maximum atomic E-state index is 12.7. The van der Waals surface area contributed by atoms with Gasteiger partial charge in [0.05, 0.1) is 22.9 Å². The topological polar surface area (TPSA) is 76.1 Å². The number of rotatable bonds is 5. The van der Waals surface area contributed by atoms with Crippen LogP contribution in [0.4, 0.5) is 5.82 Å². The highest BCUT2D eigenvalue weighted by Gasteiger charge is 2.22. The molecule has 0 aliphatic carbocycles. The summed E-state index contributed by atoms with van der Waals surface area (Å²) in [7, 11) is 0. The molecular formula is C19H20N4O2S. The van der Waals surface area contributed by atoms with Gasteiger partial charge in [-0.1, -0.05) is 30.3 Å². The number of aryl methyl sites for hydroxylation is 1. The van der Waals surface area contributed by atoms with Crippen molar-refractivity contribution in [3.63, 3.8) is 0 Å². The minimum absolute atomic E-state index is 0.0792. The summed E-state index contributed by atoms with van der Waals surface area (Å²) in [5.74, 6) is 0.700. The SMILES string of the molecule is Cc1c(C(=O)NCc2ccccc2)sc2ncnc(NC3CCOC3)c12. The maximum Gasteiger partial charge on any atom is 0.261 e. The molecule has 1 aromatic carbocycles. The number of ether oxygens (including phenoxy) is 1. The average molecular weight is 368 g/mol. The van der Waals surface area contributed by atoms with Crippen molar-refractivity contribution in [3.05, 3.63) is 52.7 Å². The van der Waals surface area contributed by atoms with Crippen LogP contribution in [0.25, 0.3) is 10.2 Å². The molecule has 1 unspecified atom stereocenters. The maximum absolute atomic E-state index is 12.7. The Morgan fingerprint density at radius 1 is 1.31 bits per heavy atom. The van der Waals surface area contributed by atoms with E-state index in [1.54, 1.807) is 6.33 Å². The van der Waals surface area contributed by atoms with E-state index >= 15 is 0 Å². The molecule has 2 N–H and O–H groups in total. The van der Waals surface area contributed by atoms with E-state index in [0.29, 0.717) is 18.0 Å². The molecule has 1 atom stereocenters. The summed E-state index contributed by atoms with van der Waals surface area (Å²) in [6.07, 6.45) is 2.50. The molecule has 26 heavy (non-hydrogen) atoms. The monoisotopic (exact) mass is 368 g/mol. The van der Waals surface area contributed by atoms with E-state index in [9.17, 15) is 4.79 Å². The lowest BCUT2D eigenvalue weighted by Crippen LogP contribution is -2.22. The molecule has 0 saturated carbocycles. The molecule has 1 saturated heterocycles. The van der Waals surface area contributed by atoms with Crippen molar-refractivity contribution < 1.29 is 9.53 Å². The van der Waals surface area contributed by atoms with E-state index in [4.69, 9.17) is 4.74 Å². The fourth-order valence-electron chi connectivity index (χ4n) is 3.10. The third-order valence-corrected chi connectivity index (χ3v) is 5.70. The summed E-state index contributed by atoms with van der Waals surface area (Å²) >= 11 is 1.40. The van der Waals surface area contributed by atoms with Crippen molar-refractivity contribution in [3.8, 4) is 0 Å². The third-order valence-electron chi connectivity index (χ3n) is 4.50. The van der Waals surface area contributed by atoms with Crippen molar-refractivity contribution >= 4 is 33.3 Å². The Hall–Kier alpha value is -2.51. The number of fused-ring (bicyclic) bond motifs is 1. The summed E-state index contributed by atoms with van der Waals surface area (Å²) in [6.45, 7) is 3.90. The zero-order chi connectivity index (χ0) is 17.9. The molecule has 1 aliphatic rings. The van der Waals surface area contributed by atoms with E-state index in [1.165, 1.54) is 11.3 Å². The van der Waals surface area contributed by atoms with Gasteiger partial charge in [-0.3, -0.25) is 4.79 Å². The normalized spacial score (nSPS) is 16.7. The number of amides is 1. The Bertz CT molecular complexity index is 920. The lowest BCUT2D eigenvalue weighted by atomic mass is 10.1. The van der Waals surface area contributed by atoms with Crippen LogP contribution in [-0.2, 0) is 11.3 Å². The van der Waals surface area contributed by atoms with E-state index in [-0.39, 0.29) is 11.9 Å². The van der Waals surface area contributed by atoms with Gasteiger partial charge >= 0.3 is 0 Å². The first-order chi connectivity index (χ1) is 12.7. The minimum atomic E-state index is -0.0792. The number of thiophene rings is 1. The van der Waals surface area contributed by atoms with E-state index in [1.807, 2.05) is 37.3 Å². The van der Waals surface area contributed by atoms with E-state index in [0.717, 1.165) is 40.2 Å². The molecule has 7 heteroatoms. The second-order valence-corrected chi connectivity index (χ2v) is 7.33. The van der Waals surface area contributed by atoms with Crippen molar-refractivity contribution in [2.24, 2.45) is 0 Å². The van der Waals surface area contributed by atoms with Gasteiger partial charge in [0.2, 0.25) is 0 Å². The highest BCUT2D eigenvalue weighted by molar-refractivity contribution is 7.20. The minimum Gasteiger partial charge on any atom is -0.379 e. The summed E-state index contributed by atoms with van der Waals surface area (Å²) in [4.78, 5) is 22.9. The number of carbonyl (C=O) groups is 1. The largest absolute Gasteiger partial charge is 0.379 e. The molecule has 6 nitrogen and oxygen atoms in total. The summed E-state index contributed by atoms with van der Waals surface area (Å²) in [5, 5.41) is 7.35. The van der Waals surface area contributed by atoms with Gasteiger partial charge in [0.15, 0.2) is 0 Å². The van der Waals surface area contributed by atoms with Gasteiger partial charge in [-0.2, -0.15) is 0 Å². The van der Waals surface area contributed by atoms with Crippen LogP contribution < -0.4 is 10.6 Å². The Kier molecular flexibility index (Phi) is 4.81. The van der Waals surface area contributed by atoms with Crippen LogP contribution in [0, 0.1) is 6.92 Å². The van der Waals surface area contributed by atoms with Crippen molar-refractivity contribution in [1.29, 1.82) is 0 Å². The Balaban J connectivity index is 1.57. The molecule has 3 heterocycles. The number of anilines is 1. The van der Waals surface area contributed by atoms with Gasteiger partial charge in [0, 0.05) is 13.2 Å². The number of nitrogens with zero attached hydrogens (tertiary/aromatic N) is 2. The molecular weight excluding hydrogens is 348 g/mol. The Morgan fingerprint density at radius 2 is 2.15 bits per heavy atom. The van der Waals surface area contributed by atoms with Crippen molar-refractivity contribution in [2.75, 3.05) is 18.5 Å². The van der Waals surface area contributed by atoms with E-state index < -0.39 is 0 Å². The van der Waals surface area contributed by atoms with Gasteiger partial charge in [0.1, 0.15) is 17.0 Å². The third kappa shape index (κ3) is 3.40. The number of hydrogen-bond donors (Lipinski definition) is 2. The highest BCUT2D eigenvalue weighted by Crippen LogP contribution is 2.33. The molecule has 1 fully saturated rings. The number of hydrogen-bond acceptors (Lipinski definition) is 6. The fraction of sp³-hybridized carbons (Fsp3) is 0.316. The zero-order valence-electron chi connectivity index (χ0n) is 14.5. The fourth-order valence-corrected chi connectivity index (χ4v) is 4.16. The van der Waals surface area contributed by atoms with Gasteiger partial charge in [-0.15, -0.1) is 11.3 Å². The predicted octanol–water partition coefficient (Wildman–Crippen LogP) is 3.13. The number of nitrogens with one attached hydrogen (secondary N) is 2.